The number of rotatable bonds is 2. The van der Waals surface area contributed by atoms with E-state index in [-0.39, 0.29) is 17.8 Å². The molecule has 3 atom stereocenters. The van der Waals surface area contributed by atoms with Crippen LogP contribution in [0.4, 0.5) is 4.39 Å². The van der Waals surface area contributed by atoms with Gasteiger partial charge in [0.05, 0.1) is 6.04 Å². The summed E-state index contributed by atoms with van der Waals surface area (Å²) in [5, 5.41) is 3.92. The molecular formula is C15H17FN2OS. The maximum Gasteiger partial charge on any atom is 0.187 e. The van der Waals surface area contributed by atoms with Crippen LogP contribution in [0.1, 0.15) is 25.5 Å². The average molecular weight is 292 g/mol. The number of benzene rings is 1. The Bertz CT molecular complexity index is 591. The number of nitrogens with one attached hydrogen (secondary N) is 1. The highest BCUT2D eigenvalue weighted by molar-refractivity contribution is 7.80. The summed E-state index contributed by atoms with van der Waals surface area (Å²) in [5.74, 6) is 0.578. The monoisotopic (exact) mass is 292 g/mol. The maximum atomic E-state index is 13.5. The van der Waals surface area contributed by atoms with Crippen molar-refractivity contribution in [2.75, 3.05) is 6.54 Å². The second kappa shape index (κ2) is 4.45. The summed E-state index contributed by atoms with van der Waals surface area (Å²) in [6.07, 6.45) is 1.80. The predicted octanol–water partition coefficient (Wildman–Crippen LogP) is 2.99. The van der Waals surface area contributed by atoms with Gasteiger partial charge in [-0.3, -0.25) is 0 Å². The van der Waals surface area contributed by atoms with E-state index in [1.807, 2.05) is 11.8 Å². The smallest absolute Gasteiger partial charge is 0.187 e. The van der Waals surface area contributed by atoms with Crippen molar-refractivity contribution < 1.29 is 9.13 Å². The van der Waals surface area contributed by atoms with Gasteiger partial charge in [0.25, 0.3) is 0 Å². The van der Waals surface area contributed by atoms with E-state index in [9.17, 15) is 4.39 Å². The summed E-state index contributed by atoms with van der Waals surface area (Å²) in [7, 11) is 0. The van der Waals surface area contributed by atoms with Crippen LogP contribution < -0.4 is 10.1 Å². The van der Waals surface area contributed by atoms with E-state index in [0.29, 0.717) is 17.4 Å². The van der Waals surface area contributed by atoms with Crippen LogP contribution in [0, 0.1) is 11.7 Å². The van der Waals surface area contributed by atoms with Crippen LogP contribution in [-0.4, -0.2) is 22.3 Å². The highest BCUT2D eigenvalue weighted by Crippen LogP contribution is 2.47. The molecule has 20 heavy (non-hydrogen) atoms. The molecule has 0 amide bonds. The lowest BCUT2D eigenvalue weighted by atomic mass is 9.81. The van der Waals surface area contributed by atoms with Crippen molar-refractivity contribution in [1.82, 2.24) is 10.2 Å². The molecule has 1 aromatic carbocycles. The lowest BCUT2D eigenvalue weighted by molar-refractivity contribution is -0.106. The third-order valence-corrected chi connectivity index (χ3v) is 4.68. The Balaban J connectivity index is 2.12. The fourth-order valence-electron chi connectivity index (χ4n) is 3.06. The lowest BCUT2D eigenvalue weighted by Crippen LogP contribution is -2.68. The van der Waals surface area contributed by atoms with Gasteiger partial charge < -0.3 is 15.0 Å². The molecule has 1 aromatic rings. The van der Waals surface area contributed by atoms with Crippen LogP contribution in [-0.2, 0) is 0 Å². The van der Waals surface area contributed by atoms with Gasteiger partial charge in [-0.05, 0) is 37.3 Å². The average Bonchev–Trinajstić information content (AvgIpc) is 2.40. The van der Waals surface area contributed by atoms with E-state index in [2.05, 4.69) is 18.8 Å². The van der Waals surface area contributed by atoms with E-state index < -0.39 is 5.72 Å². The molecule has 5 heteroatoms. The van der Waals surface area contributed by atoms with Crippen molar-refractivity contribution >= 4 is 17.3 Å². The first-order valence-corrected chi connectivity index (χ1v) is 7.05. The predicted molar refractivity (Wildman–Crippen MR) is 80.0 cm³/mol. The second-order valence-electron chi connectivity index (χ2n) is 5.45. The molecule has 0 radical (unpaired) electrons. The van der Waals surface area contributed by atoms with Crippen molar-refractivity contribution in [3.05, 3.63) is 42.2 Å². The first-order chi connectivity index (χ1) is 9.47. The van der Waals surface area contributed by atoms with Gasteiger partial charge in [-0.15, -0.1) is 6.58 Å². The molecule has 0 spiro atoms. The van der Waals surface area contributed by atoms with Crippen LogP contribution in [0.15, 0.2) is 30.9 Å². The largest absolute Gasteiger partial charge is 0.467 e. The van der Waals surface area contributed by atoms with Crippen molar-refractivity contribution in [2.45, 2.75) is 25.6 Å². The zero-order valence-electron chi connectivity index (χ0n) is 11.5. The summed E-state index contributed by atoms with van der Waals surface area (Å²) in [5.41, 5.74) is 0.280. The summed E-state index contributed by atoms with van der Waals surface area (Å²) in [6, 6.07) is 4.59. The fourth-order valence-corrected chi connectivity index (χ4v) is 3.44. The van der Waals surface area contributed by atoms with Crippen molar-refractivity contribution in [1.29, 1.82) is 0 Å². The topological polar surface area (TPSA) is 24.5 Å². The normalized spacial score (nSPS) is 31.1. The zero-order chi connectivity index (χ0) is 14.5. The third-order valence-electron chi connectivity index (χ3n) is 4.34. The molecule has 3 nitrogen and oxygen atoms in total. The Labute approximate surface area is 123 Å². The van der Waals surface area contributed by atoms with Crippen LogP contribution >= 0.6 is 12.2 Å². The Morgan fingerprint density at radius 3 is 3.05 bits per heavy atom. The Morgan fingerprint density at radius 2 is 2.35 bits per heavy atom. The standard InChI is InChI=1S/C15H17FN2OS/c1-4-7-18-14(20)17-13-9(2)15(18,3)19-12-6-5-10(16)8-11(12)13/h4-6,8-9,13H,1,7H2,2-3H3,(H,17,20). The number of fused-ring (bicyclic) bond motifs is 4. The van der Waals surface area contributed by atoms with Gasteiger partial charge in [-0.1, -0.05) is 13.0 Å². The van der Waals surface area contributed by atoms with Crippen LogP contribution in [0.2, 0.25) is 0 Å². The molecule has 1 fully saturated rings. The quantitative estimate of drug-likeness (QED) is 0.669. The SMILES string of the molecule is C=CCN1C(=S)NC2c3cc(F)ccc3OC1(C)C2C. The van der Waals surface area contributed by atoms with Crippen molar-refractivity contribution in [3.63, 3.8) is 0 Å². The van der Waals surface area contributed by atoms with E-state index in [1.165, 1.54) is 12.1 Å². The number of nitrogens with zero attached hydrogens (tertiary/aromatic N) is 1. The zero-order valence-corrected chi connectivity index (χ0v) is 12.3. The second-order valence-corrected chi connectivity index (χ2v) is 5.84. The number of hydrogen-bond acceptors (Lipinski definition) is 2. The fraction of sp³-hybridized carbons (Fsp3) is 0.400. The van der Waals surface area contributed by atoms with E-state index >= 15 is 0 Å². The molecule has 1 N–H and O–H groups in total. The number of ether oxygens (including phenoxy) is 1. The summed E-state index contributed by atoms with van der Waals surface area (Å²) in [6.45, 7) is 8.49. The molecule has 2 aliphatic rings. The van der Waals surface area contributed by atoms with E-state index in [0.717, 1.165) is 5.56 Å². The summed E-state index contributed by atoms with van der Waals surface area (Å²) < 4.78 is 19.7. The van der Waals surface area contributed by atoms with Gasteiger partial charge in [-0.25, -0.2) is 4.39 Å². The van der Waals surface area contributed by atoms with E-state index in [1.54, 1.807) is 12.1 Å². The minimum absolute atomic E-state index is 0.0342. The molecule has 0 saturated carbocycles. The Kier molecular flexibility index (Phi) is 2.97. The van der Waals surface area contributed by atoms with Crippen LogP contribution in [0.3, 0.4) is 0 Å². The number of hydrogen-bond donors (Lipinski definition) is 1. The van der Waals surface area contributed by atoms with Gasteiger partial charge in [0.15, 0.2) is 10.8 Å². The van der Waals surface area contributed by atoms with Gasteiger partial charge in [-0.2, -0.15) is 0 Å². The van der Waals surface area contributed by atoms with Crippen molar-refractivity contribution in [2.24, 2.45) is 5.92 Å². The number of thiocarbonyl (C=S) groups is 1. The molecule has 0 aliphatic carbocycles. The highest BCUT2D eigenvalue weighted by atomic mass is 32.1. The Hall–Kier alpha value is -1.62. The molecule has 2 aliphatic heterocycles. The minimum Gasteiger partial charge on any atom is -0.467 e. The molecule has 2 bridgehead atoms. The molecule has 1 saturated heterocycles. The molecule has 3 rings (SSSR count). The number of halogens is 1. The molecule has 0 aromatic heterocycles. The third kappa shape index (κ3) is 1.73. The molecular weight excluding hydrogens is 275 g/mol. The molecule has 106 valence electrons. The summed E-state index contributed by atoms with van der Waals surface area (Å²) in [4.78, 5) is 1.99. The van der Waals surface area contributed by atoms with Crippen molar-refractivity contribution in [3.8, 4) is 5.75 Å². The highest BCUT2D eigenvalue weighted by Gasteiger charge is 2.52. The first-order valence-electron chi connectivity index (χ1n) is 6.65. The molecule has 3 unspecified atom stereocenters. The van der Waals surface area contributed by atoms with Gasteiger partial charge in [0.2, 0.25) is 0 Å². The lowest BCUT2D eigenvalue weighted by Gasteiger charge is -2.56. The Morgan fingerprint density at radius 1 is 1.60 bits per heavy atom. The first kappa shape index (κ1) is 13.4. The maximum absolute atomic E-state index is 13.5. The van der Waals surface area contributed by atoms with Crippen LogP contribution in [0.25, 0.3) is 0 Å². The van der Waals surface area contributed by atoms with Crippen LogP contribution in [0.5, 0.6) is 5.75 Å². The summed E-state index contributed by atoms with van der Waals surface area (Å²) >= 11 is 5.43. The molecule has 2 heterocycles. The van der Waals surface area contributed by atoms with Gasteiger partial charge >= 0.3 is 0 Å². The van der Waals surface area contributed by atoms with Gasteiger partial charge in [0.1, 0.15) is 11.6 Å². The van der Waals surface area contributed by atoms with E-state index in [4.69, 9.17) is 17.0 Å². The van der Waals surface area contributed by atoms with Gasteiger partial charge in [0, 0.05) is 18.0 Å². The minimum atomic E-state index is -0.550.